The molecule has 0 aromatic heterocycles. The summed E-state index contributed by atoms with van der Waals surface area (Å²) in [6, 6.07) is 17.8. The van der Waals surface area contributed by atoms with E-state index in [2.05, 4.69) is 45.4 Å². The second-order valence-electron chi connectivity index (χ2n) is 6.84. The number of rotatable bonds is 9. The Labute approximate surface area is 167 Å². The van der Waals surface area contributed by atoms with Crippen LogP contribution in [-0.4, -0.2) is 63.8 Å². The van der Waals surface area contributed by atoms with Crippen LogP contribution in [0.2, 0.25) is 0 Å². The van der Waals surface area contributed by atoms with Crippen molar-refractivity contribution in [3.05, 3.63) is 54.6 Å². The van der Waals surface area contributed by atoms with Crippen molar-refractivity contribution in [2.75, 3.05) is 57.9 Å². The topological polar surface area (TPSA) is 54.0 Å². The van der Waals surface area contributed by atoms with Crippen molar-refractivity contribution in [3.8, 4) is 11.5 Å². The monoisotopic (exact) mass is 383 g/mol. The van der Waals surface area contributed by atoms with Gasteiger partial charge < -0.3 is 19.7 Å². The fraction of sp³-hybridized carbons (Fsp3) is 0.409. The summed E-state index contributed by atoms with van der Waals surface area (Å²) in [7, 11) is 1.60. The molecule has 150 valence electrons. The smallest absolute Gasteiger partial charge is 0.257 e. The number of anilines is 1. The average Bonchev–Trinajstić information content (AvgIpc) is 2.76. The maximum Gasteiger partial charge on any atom is 0.257 e. The van der Waals surface area contributed by atoms with Gasteiger partial charge in [0.15, 0.2) is 6.61 Å². The predicted octanol–water partition coefficient (Wildman–Crippen LogP) is 2.40. The minimum atomic E-state index is -0.100. The molecular formula is C22H29N3O3. The Balaban J connectivity index is 1.27. The molecule has 0 unspecified atom stereocenters. The highest BCUT2D eigenvalue weighted by Crippen LogP contribution is 2.18. The normalized spacial score (nSPS) is 14.5. The summed E-state index contributed by atoms with van der Waals surface area (Å²) in [5, 5.41) is 2.92. The average molecular weight is 383 g/mol. The largest absolute Gasteiger partial charge is 0.497 e. The maximum absolute atomic E-state index is 11.9. The van der Waals surface area contributed by atoms with E-state index < -0.39 is 0 Å². The SMILES string of the molecule is COc1cccc(OCC(=O)NCCCN2CCN(c3ccccc3)CC2)c1. The molecule has 0 radical (unpaired) electrons. The molecule has 0 saturated carbocycles. The van der Waals surface area contributed by atoms with Crippen molar-refractivity contribution < 1.29 is 14.3 Å². The van der Waals surface area contributed by atoms with Crippen molar-refractivity contribution in [1.29, 1.82) is 0 Å². The molecule has 1 saturated heterocycles. The van der Waals surface area contributed by atoms with E-state index in [9.17, 15) is 4.79 Å². The number of para-hydroxylation sites is 1. The maximum atomic E-state index is 11.9. The van der Waals surface area contributed by atoms with Gasteiger partial charge in [-0.1, -0.05) is 24.3 Å². The molecule has 1 fully saturated rings. The number of carbonyl (C=O) groups is 1. The molecule has 0 atom stereocenters. The number of ether oxygens (including phenoxy) is 2. The van der Waals surface area contributed by atoms with E-state index in [1.165, 1.54) is 5.69 Å². The van der Waals surface area contributed by atoms with E-state index in [1.807, 2.05) is 18.2 Å². The highest BCUT2D eigenvalue weighted by atomic mass is 16.5. The predicted molar refractivity (Wildman–Crippen MR) is 111 cm³/mol. The number of nitrogens with one attached hydrogen (secondary N) is 1. The van der Waals surface area contributed by atoms with E-state index >= 15 is 0 Å². The number of amides is 1. The van der Waals surface area contributed by atoms with Crippen LogP contribution in [0.3, 0.4) is 0 Å². The van der Waals surface area contributed by atoms with Gasteiger partial charge in [-0.3, -0.25) is 9.69 Å². The number of carbonyl (C=O) groups excluding carboxylic acids is 1. The van der Waals surface area contributed by atoms with Crippen LogP contribution in [0.15, 0.2) is 54.6 Å². The molecule has 0 aliphatic carbocycles. The molecule has 1 amide bonds. The summed E-state index contributed by atoms with van der Waals surface area (Å²) in [6.45, 7) is 5.89. The quantitative estimate of drug-likeness (QED) is 0.674. The fourth-order valence-corrected chi connectivity index (χ4v) is 3.29. The second kappa shape index (κ2) is 10.6. The third kappa shape index (κ3) is 6.16. The Morgan fingerprint density at radius 3 is 2.50 bits per heavy atom. The van der Waals surface area contributed by atoms with Gasteiger partial charge in [-0.15, -0.1) is 0 Å². The van der Waals surface area contributed by atoms with Crippen LogP contribution in [0.4, 0.5) is 5.69 Å². The first-order chi connectivity index (χ1) is 13.7. The van der Waals surface area contributed by atoms with Gasteiger partial charge in [0.2, 0.25) is 0 Å². The van der Waals surface area contributed by atoms with E-state index in [0.717, 1.165) is 39.1 Å². The number of piperazine rings is 1. The summed E-state index contributed by atoms with van der Waals surface area (Å²) >= 11 is 0. The Morgan fingerprint density at radius 2 is 1.75 bits per heavy atom. The number of benzene rings is 2. The summed E-state index contributed by atoms with van der Waals surface area (Å²) in [4.78, 5) is 16.8. The molecule has 0 bridgehead atoms. The van der Waals surface area contributed by atoms with E-state index in [1.54, 1.807) is 13.2 Å². The summed E-state index contributed by atoms with van der Waals surface area (Å²) in [6.07, 6.45) is 0.941. The van der Waals surface area contributed by atoms with E-state index in [4.69, 9.17) is 9.47 Å². The minimum Gasteiger partial charge on any atom is -0.497 e. The fourth-order valence-electron chi connectivity index (χ4n) is 3.29. The first-order valence-corrected chi connectivity index (χ1v) is 9.80. The van der Waals surface area contributed by atoms with Gasteiger partial charge in [0.25, 0.3) is 5.91 Å². The molecule has 6 nitrogen and oxygen atoms in total. The molecule has 1 aliphatic rings. The molecule has 2 aromatic rings. The number of nitrogens with zero attached hydrogens (tertiary/aromatic N) is 2. The van der Waals surface area contributed by atoms with Gasteiger partial charge in [-0.25, -0.2) is 0 Å². The highest BCUT2D eigenvalue weighted by molar-refractivity contribution is 5.77. The lowest BCUT2D eigenvalue weighted by Gasteiger charge is -2.36. The van der Waals surface area contributed by atoms with Gasteiger partial charge in [0.05, 0.1) is 7.11 Å². The molecule has 2 aromatic carbocycles. The number of methoxy groups -OCH3 is 1. The zero-order valence-corrected chi connectivity index (χ0v) is 16.5. The van der Waals surface area contributed by atoms with Crippen molar-refractivity contribution in [3.63, 3.8) is 0 Å². The number of hydrogen-bond donors (Lipinski definition) is 1. The van der Waals surface area contributed by atoms with Crippen LogP contribution in [0.25, 0.3) is 0 Å². The van der Waals surface area contributed by atoms with Crippen molar-refractivity contribution in [2.24, 2.45) is 0 Å². The molecule has 3 rings (SSSR count). The molecule has 1 N–H and O–H groups in total. The van der Waals surface area contributed by atoms with Gasteiger partial charge in [-0.05, 0) is 37.2 Å². The summed E-state index contributed by atoms with van der Waals surface area (Å²) in [5.74, 6) is 1.24. The molecular weight excluding hydrogens is 354 g/mol. The van der Waals surface area contributed by atoms with Crippen LogP contribution < -0.4 is 19.7 Å². The molecule has 1 aliphatic heterocycles. The summed E-state index contributed by atoms with van der Waals surface area (Å²) in [5.41, 5.74) is 1.30. The van der Waals surface area contributed by atoms with E-state index in [0.29, 0.717) is 18.0 Å². The third-order valence-electron chi connectivity index (χ3n) is 4.88. The first-order valence-electron chi connectivity index (χ1n) is 9.80. The standard InChI is InChI=1S/C22H29N3O3/c1-27-20-9-5-10-21(17-20)28-18-22(26)23-11-6-12-24-13-15-25(16-14-24)19-7-3-2-4-8-19/h2-5,7-10,17H,6,11-16,18H2,1H3,(H,23,26). The first kappa shape index (κ1) is 20.0. The Morgan fingerprint density at radius 1 is 1.00 bits per heavy atom. The van der Waals surface area contributed by atoms with Gasteiger partial charge in [-0.2, -0.15) is 0 Å². The van der Waals surface area contributed by atoms with Crippen molar-refractivity contribution in [2.45, 2.75) is 6.42 Å². The third-order valence-corrected chi connectivity index (χ3v) is 4.88. The van der Waals surface area contributed by atoms with Crippen LogP contribution in [0.5, 0.6) is 11.5 Å². The minimum absolute atomic E-state index is 0.0168. The second-order valence-corrected chi connectivity index (χ2v) is 6.84. The molecule has 0 spiro atoms. The van der Waals surface area contributed by atoms with E-state index in [-0.39, 0.29) is 12.5 Å². The van der Waals surface area contributed by atoms with Crippen LogP contribution in [-0.2, 0) is 4.79 Å². The van der Waals surface area contributed by atoms with Crippen molar-refractivity contribution >= 4 is 11.6 Å². The zero-order chi connectivity index (χ0) is 19.6. The van der Waals surface area contributed by atoms with Crippen LogP contribution in [0.1, 0.15) is 6.42 Å². The molecule has 6 heteroatoms. The lowest BCUT2D eigenvalue weighted by atomic mass is 10.2. The van der Waals surface area contributed by atoms with Gasteiger partial charge in [0.1, 0.15) is 11.5 Å². The van der Waals surface area contributed by atoms with Crippen molar-refractivity contribution in [1.82, 2.24) is 10.2 Å². The number of hydrogen-bond acceptors (Lipinski definition) is 5. The van der Waals surface area contributed by atoms with Gasteiger partial charge in [0, 0.05) is 44.5 Å². The highest BCUT2D eigenvalue weighted by Gasteiger charge is 2.16. The molecule has 28 heavy (non-hydrogen) atoms. The lowest BCUT2D eigenvalue weighted by Crippen LogP contribution is -2.47. The zero-order valence-electron chi connectivity index (χ0n) is 16.5. The Hall–Kier alpha value is -2.73. The van der Waals surface area contributed by atoms with Gasteiger partial charge >= 0.3 is 0 Å². The van der Waals surface area contributed by atoms with Crippen LogP contribution >= 0.6 is 0 Å². The van der Waals surface area contributed by atoms with Crippen LogP contribution in [0, 0.1) is 0 Å². The molecule has 1 heterocycles. The Kier molecular flexibility index (Phi) is 7.55. The summed E-state index contributed by atoms with van der Waals surface area (Å²) < 4.78 is 10.6. The lowest BCUT2D eigenvalue weighted by molar-refractivity contribution is -0.123. The Bertz CT molecular complexity index is 731.